The van der Waals surface area contributed by atoms with E-state index in [4.69, 9.17) is 4.74 Å². The van der Waals surface area contributed by atoms with Crippen molar-refractivity contribution in [1.82, 2.24) is 0 Å². The number of carbonyl (C=O) groups excluding carboxylic acids is 1. The fraction of sp³-hybridized carbons (Fsp3) is 0.571. The minimum Gasteiger partial charge on any atom is -0.461 e. The van der Waals surface area contributed by atoms with Crippen LogP contribution in [0, 0.1) is 5.41 Å². The normalized spacial score (nSPS) is 21.8. The first kappa shape index (κ1) is 9.26. The second-order valence-corrected chi connectivity index (χ2v) is 5.75. The Kier molecular flexibility index (Phi) is 2.44. The summed E-state index contributed by atoms with van der Waals surface area (Å²) >= 11 is 6.43. The van der Waals surface area contributed by atoms with E-state index in [-0.39, 0.29) is 11.4 Å². The molecule has 1 aliphatic rings. The summed E-state index contributed by atoms with van der Waals surface area (Å²) in [5, 5.41) is 0. The molecular weight excluding hydrogens is 276 g/mol. The summed E-state index contributed by atoms with van der Waals surface area (Å²) in [6, 6.07) is 0. The van der Waals surface area contributed by atoms with Gasteiger partial charge in [0, 0.05) is 5.41 Å². The Labute approximate surface area is 82.2 Å². The fourth-order valence-electron chi connectivity index (χ4n) is 1.000. The molecule has 0 aromatic rings. The van der Waals surface area contributed by atoms with Crippen LogP contribution in [0.4, 0.5) is 0 Å². The van der Waals surface area contributed by atoms with E-state index in [1.807, 2.05) is 13.8 Å². The SMILES string of the molecule is CC1(C)COC(=O)C1=C(Br)Br. The Balaban J connectivity index is 3.10. The van der Waals surface area contributed by atoms with Crippen LogP contribution in [0.1, 0.15) is 13.8 Å². The average Bonchev–Trinajstić information content (AvgIpc) is 2.06. The molecule has 0 aliphatic carbocycles. The molecule has 0 atom stereocenters. The lowest BCUT2D eigenvalue weighted by Gasteiger charge is -2.13. The Morgan fingerprint density at radius 2 is 2.09 bits per heavy atom. The third-order valence-electron chi connectivity index (χ3n) is 1.63. The van der Waals surface area contributed by atoms with Gasteiger partial charge in [-0.2, -0.15) is 0 Å². The fourth-order valence-corrected chi connectivity index (χ4v) is 2.40. The van der Waals surface area contributed by atoms with Crippen molar-refractivity contribution >= 4 is 37.8 Å². The molecule has 2 nitrogen and oxygen atoms in total. The zero-order valence-electron chi connectivity index (χ0n) is 6.28. The maximum absolute atomic E-state index is 11.1. The lowest BCUT2D eigenvalue weighted by molar-refractivity contribution is -0.135. The molecule has 62 valence electrons. The summed E-state index contributed by atoms with van der Waals surface area (Å²) in [5.41, 5.74) is 0.497. The average molecular weight is 284 g/mol. The monoisotopic (exact) mass is 282 g/mol. The van der Waals surface area contributed by atoms with Crippen LogP contribution in [-0.4, -0.2) is 12.6 Å². The number of halogens is 2. The highest BCUT2D eigenvalue weighted by Crippen LogP contribution is 2.39. The molecule has 1 saturated heterocycles. The first-order valence-corrected chi connectivity index (χ1v) is 4.76. The van der Waals surface area contributed by atoms with Crippen LogP contribution in [-0.2, 0) is 9.53 Å². The van der Waals surface area contributed by atoms with Gasteiger partial charge in [-0.15, -0.1) is 0 Å². The van der Waals surface area contributed by atoms with Gasteiger partial charge in [-0.25, -0.2) is 4.79 Å². The molecule has 0 bridgehead atoms. The van der Waals surface area contributed by atoms with Crippen molar-refractivity contribution in [3.05, 3.63) is 8.96 Å². The van der Waals surface area contributed by atoms with Crippen LogP contribution in [0.3, 0.4) is 0 Å². The molecule has 4 heteroatoms. The number of hydrogen-bond acceptors (Lipinski definition) is 2. The lowest BCUT2D eigenvalue weighted by atomic mass is 9.88. The van der Waals surface area contributed by atoms with Gasteiger partial charge >= 0.3 is 5.97 Å². The van der Waals surface area contributed by atoms with E-state index >= 15 is 0 Å². The Morgan fingerprint density at radius 3 is 2.27 bits per heavy atom. The second-order valence-electron chi connectivity index (χ2n) is 3.10. The van der Waals surface area contributed by atoms with Crippen molar-refractivity contribution in [2.75, 3.05) is 6.61 Å². The van der Waals surface area contributed by atoms with Crippen molar-refractivity contribution in [3.63, 3.8) is 0 Å². The zero-order chi connectivity index (χ0) is 8.65. The molecule has 0 aromatic carbocycles. The molecule has 11 heavy (non-hydrogen) atoms. The van der Waals surface area contributed by atoms with Gasteiger partial charge in [0.25, 0.3) is 0 Å². The van der Waals surface area contributed by atoms with Gasteiger partial charge in [-0.1, -0.05) is 13.8 Å². The number of ether oxygens (including phenoxy) is 1. The van der Waals surface area contributed by atoms with Gasteiger partial charge < -0.3 is 4.74 Å². The van der Waals surface area contributed by atoms with Gasteiger partial charge in [0.05, 0.1) is 8.96 Å². The molecule has 0 N–H and O–H groups in total. The van der Waals surface area contributed by atoms with Crippen LogP contribution in [0.2, 0.25) is 0 Å². The van der Waals surface area contributed by atoms with Crippen molar-refractivity contribution in [3.8, 4) is 0 Å². The number of esters is 1. The summed E-state index contributed by atoms with van der Waals surface area (Å²) in [4.78, 5) is 11.1. The first-order valence-electron chi connectivity index (χ1n) is 3.18. The highest BCUT2D eigenvalue weighted by molar-refractivity contribution is 9.28. The molecule has 1 aliphatic heterocycles. The molecule has 1 rings (SSSR count). The number of rotatable bonds is 0. The molecule has 1 heterocycles. The first-order chi connectivity index (χ1) is 4.95. The van der Waals surface area contributed by atoms with E-state index in [9.17, 15) is 4.79 Å². The van der Waals surface area contributed by atoms with Gasteiger partial charge in [0.15, 0.2) is 0 Å². The van der Waals surface area contributed by atoms with Crippen LogP contribution < -0.4 is 0 Å². The molecule has 0 unspecified atom stereocenters. The van der Waals surface area contributed by atoms with Gasteiger partial charge in [-0.3, -0.25) is 0 Å². The van der Waals surface area contributed by atoms with Crippen molar-refractivity contribution < 1.29 is 9.53 Å². The molecule has 0 spiro atoms. The second kappa shape index (κ2) is 2.90. The van der Waals surface area contributed by atoms with E-state index in [1.165, 1.54) is 0 Å². The van der Waals surface area contributed by atoms with Crippen LogP contribution in [0.25, 0.3) is 0 Å². The molecule has 0 saturated carbocycles. The van der Waals surface area contributed by atoms with E-state index in [0.717, 1.165) is 0 Å². The maximum atomic E-state index is 11.1. The molecule has 0 amide bonds. The van der Waals surface area contributed by atoms with E-state index < -0.39 is 0 Å². The summed E-state index contributed by atoms with van der Waals surface area (Å²) in [5.74, 6) is -0.237. The predicted molar refractivity (Wildman–Crippen MR) is 49.6 cm³/mol. The molecular formula is C7H8Br2O2. The van der Waals surface area contributed by atoms with Crippen LogP contribution in [0.5, 0.6) is 0 Å². The third-order valence-corrected chi connectivity index (χ3v) is 2.43. The summed E-state index contributed by atoms with van der Waals surface area (Å²) in [6.07, 6.45) is 0. The highest BCUT2D eigenvalue weighted by Gasteiger charge is 2.39. The van der Waals surface area contributed by atoms with E-state index in [1.54, 1.807) is 0 Å². The van der Waals surface area contributed by atoms with E-state index in [0.29, 0.717) is 15.6 Å². The van der Waals surface area contributed by atoms with Crippen molar-refractivity contribution in [2.24, 2.45) is 5.41 Å². The highest BCUT2D eigenvalue weighted by atomic mass is 79.9. The number of cyclic esters (lactones) is 1. The minimum absolute atomic E-state index is 0.181. The summed E-state index contributed by atoms with van der Waals surface area (Å²) in [6.45, 7) is 4.40. The molecule has 0 aromatic heterocycles. The number of carbonyl (C=O) groups is 1. The lowest BCUT2D eigenvalue weighted by Crippen LogP contribution is -2.13. The zero-order valence-corrected chi connectivity index (χ0v) is 9.45. The Bertz CT molecular complexity index is 227. The van der Waals surface area contributed by atoms with Crippen LogP contribution in [0.15, 0.2) is 8.96 Å². The largest absolute Gasteiger partial charge is 0.461 e. The van der Waals surface area contributed by atoms with Gasteiger partial charge in [0.2, 0.25) is 0 Å². The predicted octanol–water partition coefficient (Wildman–Crippen LogP) is 2.57. The molecule has 1 fully saturated rings. The number of hydrogen-bond donors (Lipinski definition) is 0. The van der Waals surface area contributed by atoms with Gasteiger partial charge in [0.1, 0.15) is 6.61 Å². The van der Waals surface area contributed by atoms with Gasteiger partial charge in [-0.05, 0) is 31.9 Å². The minimum atomic E-state index is -0.237. The maximum Gasteiger partial charge on any atom is 0.336 e. The van der Waals surface area contributed by atoms with E-state index in [2.05, 4.69) is 31.9 Å². The summed E-state index contributed by atoms with van der Waals surface area (Å²) < 4.78 is 5.58. The summed E-state index contributed by atoms with van der Waals surface area (Å²) in [7, 11) is 0. The Morgan fingerprint density at radius 1 is 1.55 bits per heavy atom. The van der Waals surface area contributed by atoms with Crippen molar-refractivity contribution in [1.29, 1.82) is 0 Å². The quantitative estimate of drug-likeness (QED) is 0.505. The van der Waals surface area contributed by atoms with Crippen molar-refractivity contribution in [2.45, 2.75) is 13.8 Å². The third kappa shape index (κ3) is 1.67. The topological polar surface area (TPSA) is 26.3 Å². The standard InChI is InChI=1S/C7H8Br2O2/c1-7(2)3-11-6(10)4(7)5(8)9/h3H2,1-2H3. The molecule has 0 radical (unpaired) electrons. The Hall–Kier alpha value is 0.170. The smallest absolute Gasteiger partial charge is 0.336 e. The van der Waals surface area contributed by atoms with Crippen LogP contribution >= 0.6 is 31.9 Å².